The van der Waals surface area contributed by atoms with Crippen molar-refractivity contribution >= 4 is 12.0 Å². The summed E-state index contributed by atoms with van der Waals surface area (Å²) in [5.74, 6) is 0.324. The van der Waals surface area contributed by atoms with Gasteiger partial charge in [0, 0.05) is 6.08 Å². The van der Waals surface area contributed by atoms with Crippen molar-refractivity contribution in [2.45, 2.75) is 0 Å². The summed E-state index contributed by atoms with van der Waals surface area (Å²) >= 11 is 0. The van der Waals surface area contributed by atoms with Crippen LogP contribution in [0.4, 0.5) is 0 Å². The third-order valence-electron chi connectivity index (χ3n) is 1.74. The molecule has 1 rings (SSSR count). The summed E-state index contributed by atoms with van der Waals surface area (Å²) in [5, 5.41) is 0. The van der Waals surface area contributed by atoms with Crippen LogP contribution in [0.1, 0.15) is 5.56 Å². The van der Waals surface area contributed by atoms with E-state index in [1.54, 1.807) is 18.2 Å². The van der Waals surface area contributed by atoms with Crippen LogP contribution in [0.15, 0.2) is 30.3 Å². The number of nitrogens with two attached hydrogens (primary N) is 1. The Labute approximate surface area is 88.3 Å². The molecule has 80 valence electrons. The standard InChI is InChI=1S/C11H13NO3/c1-14-11(13)7-4-9-2-5-10(6-3-9)15-8-12/h2-7H,8,12H2,1H3. The smallest absolute Gasteiger partial charge is 0.330 e. The minimum absolute atomic E-state index is 0.150. The average molecular weight is 207 g/mol. The zero-order valence-electron chi connectivity index (χ0n) is 8.47. The monoisotopic (exact) mass is 207 g/mol. The van der Waals surface area contributed by atoms with Gasteiger partial charge in [-0.1, -0.05) is 12.1 Å². The van der Waals surface area contributed by atoms with Crippen LogP contribution in [0.25, 0.3) is 6.08 Å². The maximum Gasteiger partial charge on any atom is 0.330 e. The molecule has 0 unspecified atom stereocenters. The number of carbonyl (C=O) groups is 1. The van der Waals surface area contributed by atoms with E-state index in [1.807, 2.05) is 12.1 Å². The summed E-state index contributed by atoms with van der Waals surface area (Å²) in [7, 11) is 1.34. The molecule has 1 aromatic carbocycles. The third-order valence-corrected chi connectivity index (χ3v) is 1.74. The fourth-order valence-electron chi connectivity index (χ4n) is 1.00. The molecule has 0 saturated carbocycles. The first-order valence-corrected chi connectivity index (χ1v) is 4.45. The second-order valence-corrected chi connectivity index (χ2v) is 2.74. The van der Waals surface area contributed by atoms with Gasteiger partial charge in [-0.25, -0.2) is 4.79 Å². The van der Waals surface area contributed by atoms with Crippen LogP contribution in [0, 0.1) is 0 Å². The average Bonchev–Trinajstić information content (AvgIpc) is 2.28. The molecule has 2 N–H and O–H groups in total. The van der Waals surface area contributed by atoms with Crippen LogP contribution in [0.2, 0.25) is 0 Å². The third kappa shape index (κ3) is 3.83. The molecule has 0 heterocycles. The highest BCUT2D eigenvalue weighted by Crippen LogP contribution is 2.12. The van der Waals surface area contributed by atoms with Gasteiger partial charge in [0.05, 0.1) is 7.11 Å². The van der Waals surface area contributed by atoms with Crippen molar-refractivity contribution in [3.63, 3.8) is 0 Å². The molecule has 0 radical (unpaired) electrons. The second kappa shape index (κ2) is 5.82. The molecule has 0 aliphatic carbocycles. The van der Waals surface area contributed by atoms with Crippen LogP contribution in [0.3, 0.4) is 0 Å². The van der Waals surface area contributed by atoms with E-state index in [0.29, 0.717) is 5.75 Å². The van der Waals surface area contributed by atoms with Gasteiger partial charge in [0.15, 0.2) is 0 Å². The predicted octanol–water partition coefficient (Wildman–Crippen LogP) is 1.17. The lowest BCUT2D eigenvalue weighted by Crippen LogP contribution is -2.06. The van der Waals surface area contributed by atoms with Gasteiger partial charge in [-0.2, -0.15) is 0 Å². The number of rotatable bonds is 4. The van der Waals surface area contributed by atoms with Crippen molar-refractivity contribution in [1.29, 1.82) is 0 Å². The van der Waals surface area contributed by atoms with Crippen molar-refractivity contribution in [2.24, 2.45) is 5.73 Å². The Kier molecular flexibility index (Phi) is 4.37. The van der Waals surface area contributed by atoms with E-state index in [0.717, 1.165) is 5.56 Å². The Morgan fingerprint density at radius 1 is 1.40 bits per heavy atom. The Morgan fingerprint density at radius 3 is 2.60 bits per heavy atom. The van der Waals surface area contributed by atoms with Gasteiger partial charge < -0.3 is 9.47 Å². The van der Waals surface area contributed by atoms with Gasteiger partial charge in [-0.3, -0.25) is 5.73 Å². The molecular weight excluding hydrogens is 194 g/mol. The Bertz CT molecular complexity index is 343. The number of ether oxygens (including phenoxy) is 2. The minimum atomic E-state index is -0.378. The highest BCUT2D eigenvalue weighted by molar-refractivity contribution is 5.86. The summed E-state index contributed by atoms with van der Waals surface area (Å²) < 4.78 is 9.54. The van der Waals surface area contributed by atoms with Gasteiger partial charge >= 0.3 is 5.97 Å². The Balaban J connectivity index is 2.64. The molecule has 0 fully saturated rings. The number of benzene rings is 1. The second-order valence-electron chi connectivity index (χ2n) is 2.74. The first-order chi connectivity index (χ1) is 7.26. The van der Waals surface area contributed by atoms with Crippen molar-refractivity contribution < 1.29 is 14.3 Å². The summed E-state index contributed by atoms with van der Waals surface area (Å²) in [4.78, 5) is 10.8. The van der Waals surface area contributed by atoms with E-state index in [9.17, 15) is 4.79 Å². The highest BCUT2D eigenvalue weighted by atomic mass is 16.5. The first kappa shape index (κ1) is 11.3. The van der Waals surface area contributed by atoms with Gasteiger partial charge in [0.25, 0.3) is 0 Å². The molecule has 15 heavy (non-hydrogen) atoms. The van der Waals surface area contributed by atoms with E-state index in [2.05, 4.69) is 4.74 Å². The number of esters is 1. The lowest BCUT2D eigenvalue weighted by molar-refractivity contribution is -0.134. The molecular formula is C11H13NO3. The largest absolute Gasteiger partial charge is 0.479 e. The molecule has 0 aliphatic heterocycles. The summed E-state index contributed by atoms with van der Waals surface area (Å²) in [6, 6.07) is 7.21. The Morgan fingerprint density at radius 2 is 2.07 bits per heavy atom. The zero-order chi connectivity index (χ0) is 11.1. The summed E-state index contributed by atoms with van der Waals surface area (Å²) in [6.45, 7) is 0.150. The van der Waals surface area contributed by atoms with E-state index < -0.39 is 0 Å². The molecule has 1 aromatic rings. The van der Waals surface area contributed by atoms with Crippen LogP contribution >= 0.6 is 0 Å². The predicted molar refractivity (Wildman–Crippen MR) is 57.2 cm³/mol. The lowest BCUT2D eigenvalue weighted by Gasteiger charge is -2.01. The maximum absolute atomic E-state index is 10.8. The fraction of sp³-hybridized carbons (Fsp3) is 0.182. The van der Waals surface area contributed by atoms with Crippen LogP contribution in [-0.2, 0) is 9.53 Å². The van der Waals surface area contributed by atoms with Gasteiger partial charge in [0.1, 0.15) is 12.5 Å². The lowest BCUT2D eigenvalue weighted by atomic mass is 10.2. The molecule has 4 heteroatoms. The van der Waals surface area contributed by atoms with Crippen LogP contribution in [-0.4, -0.2) is 19.8 Å². The molecule has 0 atom stereocenters. The van der Waals surface area contributed by atoms with E-state index in [-0.39, 0.29) is 12.7 Å². The van der Waals surface area contributed by atoms with Gasteiger partial charge in [-0.05, 0) is 23.8 Å². The quantitative estimate of drug-likeness (QED) is 0.457. The molecule has 0 aliphatic rings. The number of methoxy groups -OCH3 is 1. The van der Waals surface area contributed by atoms with Crippen LogP contribution in [0.5, 0.6) is 5.75 Å². The molecule has 0 amide bonds. The van der Waals surface area contributed by atoms with E-state index in [1.165, 1.54) is 13.2 Å². The van der Waals surface area contributed by atoms with Crippen molar-refractivity contribution in [3.05, 3.63) is 35.9 Å². The molecule has 0 bridgehead atoms. The highest BCUT2D eigenvalue weighted by Gasteiger charge is 1.93. The fourth-order valence-corrected chi connectivity index (χ4v) is 1.00. The van der Waals surface area contributed by atoms with Crippen molar-refractivity contribution in [3.8, 4) is 5.75 Å². The topological polar surface area (TPSA) is 61.5 Å². The first-order valence-electron chi connectivity index (χ1n) is 4.45. The van der Waals surface area contributed by atoms with Gasteiger partial charge in [-0.15, -0.1) is 0 Å². The van der Waals surface area contributed by atoms with Crippen LogP contribution < -0.4 is 10.5 Å². The van der Waals surface area contributed by atoms with Crippen molar-refractivity contribution in [1.82, 2.24) is 0 Å². The van der Waals surface area contributed by atoms with Gasteiger partial charge in [0.2, 0.25) is 0 Å². The zero-order valence-corrected chi connectivity index (χ0v) is 8.47. The van der Waals surface area contributed by atoms with Crippen molar-refractivity contribution in [2.75, 3.05) is 13.8 Å². The minimum Gasteiger partial charge on any atom is -0.479 e. The van der Waals surface area contributed by atoms with E-state index >= 15 is 0 Å². The number of hydrogen-bond acceptors (Lipinski definition) is 4. The number of hydrogen-bond donors (Lipinski definition) is 1. The normalized spacial score (nSPS) is 10.3. The molecule has 4 nitrogen and oxygen atoms in total. The summed E-state index contributed by atoms with van der Waals surface area (Å²) in [5.41, 5.74) is 6.11. The Hall–Kier alpha value is -1.81. The molecule has 0 spiro atoms. The number of carbonyl (C=O) groups excluding carboxylic acids is 1. The van der Waals surface area contributed by atoms with E-state index in [4.69, 9.17) is 10.5 Å². The summed E-state index contributed by atoms with van der Waals surface area (Å²) in [6.07, 6.45) is 3.02. The molecule has 0 aromatic heterocycles. The maximum atomic E-state index is 10.8. The SMILES string of the molecule is COC(=O)C=Cc1ccc(OCN)cc1. The molecule has 0 saturated heterocycles.